The largest absolute Gasteiger partial charge is 0.376 e. The van der Waals surface area contributed by atoms with E-state index in [1.807, 2.05) is 12.1 Å². The van der Waals surface area contributed by atoms with Crippen LogP contribution in [0.4, 0.5) is 5.95 Å². The van der Waals surface area contributed by atoms with Crippen LogP contribution in [-0.2, 0) is 23.3 Å². The quantitative estimate of drug-likeness (QED) is 0.826. The minimum atomic E-state index is -0.0319. The van der Waals surface area contributed by atoms with Crippen molar-refractivity contribution in [3.63, 3.8) is 0 Å². The molecule has 2 aliphatic heterocycles. The predicted molar refractivity (Wildman–Crippen MR) is 111 cm³/mol. The molecule has 28 heavy (non-hydrogen) atoms. The third kappa shape index (κ3) is 3.63. The highest BCUT2D eigenvalue weighted by Crippen LogP contribution is 2.40. The van der Waals surface area contributed by atoms with Gasteiger partial charge in [-0.1, -0.05) is 23.7 Å². The molecule has 1 aromatic heterocycles. The van der Waals surface area contributed by atoms with Crippen LogP contribution in [0.2, 0.25) is 5.02 Å². The molecule has 0 bridgehead atoms. The standard InChI is InChI=1S/C22H27ClN4O/c1-15-19-12-28-14-22(20(19)26-21(25-15)24-10-16-5-6-16)7-8-27(13-22)11-17-3-2-4-18(23)9-17/h2-4,9,16H,5-8,10-14H2,1H3,(H,24,25,26). The van der Waals surface area contributed by atoms with Gasteiger partial charge in [0.1, 0.15) is 0 Å². The van der Waals surface area contributed by atoms with Crippen LogP contribution in [0.1, 0.15) is 41.8 Å². The number of rotatable bonds is 5. The fourth-order valence-electron chi connectivity index (χ4n) is 4.56. The molecule has 6 heteroatoms. The van der Waals surface area contributed by atoms with Gasteiger partial charge in [-0.15, -0.1) is 0 Å². The second-order valence-corrected chi connectivity index (χ2v) is 9.08. The number of hydrogen-bond donors (Lipinski definition) is 1. The second-order valence-electron chi connectivity index (χ2n) is 8.65. The van der Waals surface area contributed by atoms with Gasteiger partial charge >= 0.3 is 0 Å². The van der Waals surface area contributed by atoms with Crippen LogP contribution >= 0.6 is 11.6 Å². The zero-order chi connectivity index (χ0) is 19.1. The van der Waals surface area contributed by atoms with Crippen LogP contribution in [0.25, 0.3) is 0 Å². The number of anilines is 1. The molecule has 1 aromatic carbocycles. The van der Waals surface area contributed by atoms with Gasteiger partial charge in [-0.05, 0) is 56.3 Å². The van der Waals surface area contributed by atoms with Crippen molar-refractivity contribution in [2.24, 2.45) is 5.92 Å². The number of aryl methyl sites for hydroxylation is 1. The maximum atomic E-state index is 6.17. The number of benzene rings is 1. The average molecular weight is 399 g/mol. The summed E-state index contributed by atoms with van der Waals surface area (Å²) in [7, 11) is 0. The van der Waals surface area contributed by atoms with Crippen molar-refractivity contribution in [1.82, 2.24) is 14.9 Å². The minimum absolute atomic E-state index is 0.0319. The van der Waals surface area contributed by atoms with Crippen molar-refractivity contribution in [2.45, 2.75) is 44.8 Å². The van der Waals surface area contributed by atoms with E-state index < -0.39 is 0 Å². The molecule has 1 spiro atoms. The van der Waals surface area contributed by atoms with E-state index in [9.17, 15) is 0 Å². The van der Waals surface area contributed by atoms with Crippen LogP contribution in [0.5, 0.6) is 0 Å². The molecule has 3 aliphatic rings. The average Bonchev–Trinajstić information content (AvgIpc) is 3.43. The molecule has 1 saturated carbocycles. The Morgan fingerprint density at radius 3 is 3.04 bits per heavy atom. The van der Waals surface area contributed by atoms with E-state index in [0.717, 1.165) is 61.8 Å². The maximum Gasteiger partial charge on any atom is 0.223 e. The maximum absolute atomic E-state index is 6.17. The van der Waals surface area contributed by atoms with E-state index in [4.69, 9.17) is 26.3 Å². The summed E-state index contributed by atoms with van der Waals surface area (Å²) < 4.78 is 6.03. The Morgan fingerprint density at radius 1 is 1.32 bits per heavy atom. The molecule has 1 saturated heterocycles. The first-order chi connectivity index (χ1) is 13.6. The monoisotopic (exact) mass is 398 g/mol. The third-order valence-corrected chi connectivity index (χ3v) is 6.55. The topological polar surface area (TPSA) is 50.3 Å². The number of hydrogen-bond acceptors (Lipinski definition) is 5. The van der Waals surface area contributed by atoms with Crippen LogP contribution < -0.4 is 5.32 Å². The molecule has 1 unspecified atom stereocenters. The first-order valence-corrected chi connectivity index (χ1v) is 10.7. The summed E-state index contributed by atoms with van der Waals surface area (Å²) in [6.45, 7) is 7.36. The first-order valence-electron chi connectivity index (χ1n) is 10.3. The van der Waals surface area contributed by atoms with Gasteiger partial charge in [-0.2, -0.15) is 0 Å². The smallest absolute Gasteiger partial charge is 0.223 e. The van der Waals surface area contributed by atoms with Crippen molar-refractivity contribution in [3.8, 4) is 0 Å². The molecule has 1 aliphatic carbocycles. The van der Waals surface area contributed by atoms with E-state index in [1.165, 1.54) is 29.7 Å². The molecule has 148 valence electrons. The third-order valence-electron chi connectivity index (χ3n) is 6.31. The highest BCUT2D eigenvalue weighted by molar-refractivity contribution is 6.30. The van der Waals surface area contributed by atoms with Gasteiger partial charge in [0, 0.05) is 35.9 Å². The van der Waals surface area contributed by atoms with E-state index in [1.54, 1.807) is 0 Å². The van der Waals surface area contributed by atoms with Crippen LogP contribution in [0.3, 0.4) is 0 Å². The number of ether oxygens (including phenoxy) is 1. The van der Waals surface area contributed by atoms with Gasteiger partial charge in [-0.25, -0.2) is 9.97 Å². The van der Waals surface area contributed by atoms with Gasteiger partial charge < -0.3 is 10.1 Å². The fraction of sp³-hybridized carbons (Fsp3) is 0.545. The molecular weight excluding hydrogens is 372 g/mol. The zero-order valence-corrected chi connectivity index (χ0v) is 17.1. The molecule has 1 atom stereocenters. The lowest BCUT2D eigenvalue weighted by Gasteiger charge is -2.35. The van der Waals surface area contributed by atoms with E-state index in [-0.39, 0.29) is 5.41 Å². The summed E-state index contributed by atoms with van der Waals surface area (Å²) in [6.07, 6.45) is 3.72. The number of nitrogens with one attached hydrogen (secondary N) is 1. The molecule has 2 aromatic rings. The molecular formula is C22H27ClN4O. The highest BCUT2D eigenvalue weighted by atomic mass is 35.5. The van der Waals surface area contributed by atoms with Gasteiger partial charge in [0.15, 0.2) is 0 Å². The molecule has 0 amide bonds. The van der Waals surface area contributed by atoms with E-state index in [0.29, 0.717) is 6.61 Å². The van der Waals surface area contributed by atoms with Crippen molar-refractivity contribution in [3.05, 3.63) is 51.8 Å². The van der Waals surface area contributed by atoms with E-state index >= 15 is 0 Å². The van der Waals surface area contributed by atoms with E-state index in [2.05, 4.69) is 29.3 Å². The summed E-state index contributed by atoms with van der Waals surface area (Å²) in [5.41, 5.74) is 4.67. The molecule has 5 nitrogen and oxygen atoms in total. The number of nitrogens with zero attached hydrogens (tertiary/aromatic N) is 3. The Hall–Kier alpha value is -1.69. The van der Waals surface area contributed by atoms with Crippen molar-refractivity contribution >= 4 is 17.5 Å². The Balaban J connectivity index is 1.38. The molecule has 5 rings (SSSR count). The normalized spacial score (nSPS) is 24.5. The Bertz CT molecular complexity index is 885. The summed E-state index contributed by atoms with van der Waals surface area (Å²) in [5.74, 6) is 1.59. The Morgan fingerprint density at radius 2 is 2.21 bits per heavy atom. The number of aromatic nitrogens is 2. The lowest BCUT2D eigenvalue weighted by Crippen LogP contribution is -2.41. The number of halogens is 1. The van der Waals surface area contributed by atoms with Gasteiger partial charge in [0.05, 0.1) is 24.3 Å². The summed E-state index contributed by atoms with van der Waals surface area (Å²) in [5, 5.41) is 4.27. The predicted octanol–water partition coefficient (Wildman–Crippen LogP) is 3.93. The SMILES string of the molecule is Cc1nc(NCC2CC2)nc2c1COCC21CCN(Cc2cccc(Cl)c2)C1. The van der Waals surface area contributed by atoms with Crippen LogP contribution in [0, 0.1) is 12.8 Å². The molecule has 2 fully saturated rings. The second kappa shape index (κ2) is 7.29. The first kappa shape index (κ1) is 18.3. The summed E-state index contributed by atoms with van der Waals surface area (Å²) in [4.78, 5) is 12.2. The van der Waals surface area contributed by atoms with Gasteiger partial charge in [0.2, 0.25) is 5.95 Å². The molecule has 0 radical (unpaired) electrons. The van der Waals surface area contributed by atoms with Crippen molar-refractivity contribution in [2.75, 3.05) is 31.6 Å². The summed E-state index contributed by atoms with van der Waals surface area (Å²) >= 11 is 6.17. The lowest BCUT2D eigenvalue weighted by molar-refractivity contribution is 0.0498. The number of fused-ring (bicyclic) bond motifs is 2. The highest BCUT2D eigenvalue weighted by Gasteiger charge is 2.45. The lowest BCUT2D eigenvalue weighted by atomic mass is 9.80. The Kier molecular flexibility index (Phi) is 4.77. The van der Waals surface area contributed by atoms with Crippen molar-refractivity contribution in [1.29, 1.82) is 0 Å². The van der Waals surface area contributed by atoms with Crippen molar-refractivity contribution < 1.29 is 4.74 Å². The molecule has 1 N–H and O–H groups in total. The van der Waals surface area contributed by atoms with Crippen LogP contribution in [0.15, 0.2) is 24.3 Å². The minimum Gasteiger partial charge on any atom is -0.376 e. The molecule has 3 heterocycles. The Labute approximate surface area is 171 Å². The fourth-order valence-corrected chi connectivity index (χ4v) is 4.77. The van der Waals surface area contributed by atoms with Gasteiger partial charge in [-0.3, -0.25) is 4.90 Å². The van der Waals surface area contributed by atoms with Gasteiger partial charge in [0.25, 0.3) is 0 Å². The zero-order valence-electron chi connectivity index (χ0n) is 16.4. The summed E-state index contributed by atoms with van der Waals surface area (Å²) in [6, 6.07) is 8.16. The number of likely N-dealkylation sites (tertiary alicyclic amines) is 1. The van der Waals surface area contributed by atoms with Crippen LogP contribution in [-0.4, -0.2) is 41.1 Å².